The Morgan fingerprint density at radius 2 is 1.90 bits per heavy atom. The molecule has 0 bridgehead atoms. The molecule has 0 unspecified atom stereocenters. The van der Waals surface area contributed by atoms with Crippen molar-refractivity contribution < 1.29 is 22.8 Å². The minimum Gasteiger partial charge on any atom is -0.478 e. The number of hydrogen-bond acceptors (Lipinski definition) is 6. The van der Waals surface area contributed by atoms with Gasteiger partial charge in [0.2, 0.25) is 5.89 Å². The van der Waals surface area contributed by atoms with Gasteiger partial charge in [-0.2, -0.15) is 4.98 Å². The van der Waals surface area contributed by atoms with E-state index in [1.165, 1.54) is 12.1 Å². The summed E-state index contributed by atoms with van der Waals surface area (Å²) in [7, 11) is -3.75. The van der Waals surface area contributed by atoms with E-state index < -0.39 is 21.6 Å². The molecule has 8 heteroatoms. The maximum Gasteiger partial charge on any atom is 0.335 e. The summed E-state index contributed by atoms with van der Waals surface area (Å²) in [5.74, 6) is -1.29. The standard InChI is InChI=1S/C13H14N2O5S/c1-7-4-8(2)11(5-10(7)13(16)17)21(18,19)6-12-14-9(3)20-15-12/h4-5H,6H2,1-3H3,(H,16,17). The van der Waals surface area contributed by atoms with Crippen molar-refractivity contribution in [2.24, 2.45) is 0 Å². The van der Waals surface area contributed by atoms with Crippen LogP contribution in [0.15, 0.2) is 21.6 Å². The van der Waals surface area contributed by atoms with Gasteiger partial charge in [0, 0.05) is 6.92 Å². The molecule has 1 heterocycles. The van der Waals surface area contributed by atoms with E-state index in [4.69, 9.17) is 9.63 Å². The molecule has 0 fully saturated rings. The van der Waals surface area contributed by atoms with Crippen LogP contribution in [0.4, 0.5) is 0 Å². The normalized spacial score (nSPS) is 11.6. The number of carboxylic acid groups (broad SMARTS) is 1. The van der Waals surface area contributed by atoms with E-state index in [9.17, 15) is 13.2 Å². The van der Waals surface area contributed by atoms with Crippen molar-refractivity contribution in [3.05, 3.63) is 40.5 Å². The Labute approximate surface area is 121 Å². The lowest BCUT2D eigenvalue weighted by Gasteiger charge is -2.09. The number of hydrogen-bond donors (Lipinski definition) is 1. The SMILES string of the molecule is Cc1nc(CS(=O)(=O)c2cc(C(=O)O)c(C)cc2C)no1. The highest BCUT2D eigenvalue weighted by molar-refractivity contribution is 7.90. The van der Waals surface area contributed by atoms with Gasteiger partial charge in [0.15, 0.2) is 15.7 Å². The lowest BCUT2D eigenvalue weighted by atomic mass is 10.1. The van der Waals surface area contributed by atoms with Gasteiger partial charge in [-0.3, -0.25) is 0 Å². The predicted molar refractivity (Wildman–Crippen MR) is 72.8 cm³/mol. The first-order chi connectivity index (χ1) is 9.70. The highest BCUT2D eigenvalue weighted by atomic mass is 32.2. The second-order valence-electron chi connectivity index (χ2n) is 4.73. The molecule has 1 aromatic heterocycles. The van der Waals surface area contributed by atoms with Gasteiger partial charge in [0.25, 0.3) is 0 Å². The van der Waals surface area contributed by atoms with Crippen LogP contribution in [-0.4, -0.2) is 29.6 Å². The molecular formula is C13H14N2O5S. The zero-order valence-electron chi connectivity index (χ0n) is 11.7. The third kappa shape index (κ3) is 3.10. The highest BCUT2D eigenvalue weighted by Crippen LogP contribution is 2.23. The summed E-state index contributed by atoms with van der Waals surface area (Å²) in [5, 5.41) is 12.7. The molecule has 0 spiro atoms. The number of aromatic carboxylic acids is 1. The fourth-order valence-corrected chi connectivity index (χ4v) is 3.51. The minimum absolute atomic E-state index is 0.0343. The average Bonchev–Trinajstić information content (AvgIpc) is 2.72. The zero-order valence-corrected chi connectivity index (χ0v) is 12.6. The van der Waals surface area contributed by atoms with E-state index >= 15 is 0 Å². The molecular weight excluding hydrogens is 296 g/mol. The van der Waals surface area contributed by atoms with Crippen LogP contribution in [0.3, 0.4) is 0 Å². The maximum atomic E-state index is 12.4. The molecule has 0 aliphatic rings. The van der Waals surface area contributed by atoms with Crippen LogP contribution in [0.5, 0.6) is 0 Å². The lowest BCUT2D eigenvalue weighted by Crippen LogP contribution is -2.11. The molecule has 0 aliphatic carbocycles. The van der Waals surface area contributed by atoms with Gasteiger partial charge in [-0.1, -0.05) is 11.2 Å². The van der Waals surface area contributed by atoms with Crippen LogP contribution >= 0.6 is 0 Å². The van der Waals surface area contributed by atoms with Gasteiger partial charge >= 0.3 is 5.97 Å². The van der Waals surface area contributed by atoms with E-state index in [-0.39, 0.29) is 22.2 Å². The molecule has 2 rings (SSSR count). The Balaban J connectivity index is 2.49. The summed E-state index contributed by atoms with van der Waals surface area (Å²) in [6.45, 7) is 4.80. The molecule has 0 saturated heterocycles. The van der Waals surface area contributed by atoms with E-state index in [1.54, 1.807) is 20.8 Å². The third-order valence-electron chi connectivity index (χ3n) is 2.98. The van der Waals surface area contributed by atoms with Crippen LogP contribution < -0.4 is 0 Å². The highest BCUT2D eigenvalue weighted by Gasteiger charge is 2.23. The van der Waals surface area contributed by atoms with Crippen molar-refractivity contribution in [2.45, 2.75) is 31.4 Å². The van der Waals surface area contributed by atoms with Crippen LogP contribution in [0.2, 0.25) is 0 Å². The first-order valence-corrected chi connectivity index (χ1v) is 7.72. The second-order valence-corrected chi connectivity index (χ2v) is 6.68. The second kappa shape index (κ2) is 5.28. The van der Waals surface area contributed by atoms with Crippen LogP contribution in [-0.2, 0) is 15.6 Å². The van der Waals surface area contributed by atoms with Gasteiger partial charge in [-0.05, 0) is 31.0 Å². The molecule has 0 radical (unpaired) electrons. The van der Waals surface area contributed by atoms with E-state index in [2.05, 4.69) is 10.1 Å². The van der Waals surface area contributed by atoms with Crippen LogP contribution in [0, 0.1) is 20.8 Å². The van der Waals surface area contributed by atoms with E-state index in [1.807, 2.05) is 0 Å². The molecule has 7 nitrogen and oxygen atoms in total. The third-order valence-corrected chi connectivity index (χ3v) is 4.72. The molecule has 0 saturated carbocycles. The molecule has 112 valence electrons. The van der Waals surface area contributed by atoms with Gasteiger partial charge in [-0.25, -0.2) is 13.2 Å². The fourth-order valence-electron chi connectivity index (χ4n) is 2.05. The monoisotopic (exact) mass is 310 g/mol. The van der Waals surface area contributed by atoms with Gasteiger partial charge < -0.3 is 9.63 Å². The smallest absolute Gasteiger partial charge is 0.335 e. The van der Waals surface area contributed by atoms with Gasteiger partial charge in [-0.15, -0.1) is 0 Å². The topological polar surface area (TPSA) is 110 Å². The number of carboxylic acids is 1. The van der Waals surface area contributed by atoms with Crippen molar-refractivity contribution in [3.63, 3.8) is 0 Å². The first kappa shape index (κ1) is 15.2. The van der Waals surface area contributed by atoms with E-state index in [0.29, 0.717) is 11.1 Å². The van der Waals surface area contributed by atoms with Crippen molar-refractivity contribution in [3.8, 4) is 0 Å². The first-order valence-electron chi connectivity index (χ1n) is 6.07. The van der Waals surface area contributed by atoms with Crippen molar-refractivity contribution in [1.82, 2.24) is 10.1 Å². The van der Waals surface area contributed by atoms with Gasteiger partial charge in [0.05, 0.1) is 10.5 Å². The Hall–Kier alpha value is -2.22. The van der Waals surface area contributed by atoms with Crippen molar-refractivity contribution in [2.75, 3.05) is 0 Å². The number of sulfone groups is 1. The molecule has 0 amide bonds. The number of rotatable bonds is 4. The predicted octanol–water partition coefficient (Wildman–Crippen LogP) is 1.67. The molecule has 0 aliphatic heterocycles. The lowest BCUT2D eigenvalue weighted by molar-refractivity contribution is 0.0696. The summed E-state index contributed by atoms with van der Waals surface area (Å²) < 4.78 is 29.5. The molecule has 1 aromatic carbocycles. The fraction of sp³-hybridized carbons (Fsp3) is 0.308. The Kier molecular flexibility index (Phi) is 3.82. The van der Waals surface area contributed by atoms with Crippen molar-refractivity contribution >= 4 is 15.8 Å². The average molecular weight is 310 g/mol. The molecule has 1 N–H and O–H groups in total. The number of carbonyl (C=O) groups is 1. The summed E-state index contributed by atoms with van der Waals surface area (Å²) in [4.78, 5) is 15.0. The van der Waals surface area contributed by atoms with Gasteiger partial charge in [0.1, 0.15) is 5.75 Å². The quantitative estimate of drug-likeness (QED) is 0.914. The van der Waals surface area contributed by atoms with Crippen LogP contribution in [0.1, 0.15) is 33.2 Å². The molecule has 0 atom stereocenters. The summed E-state index contributed by atoms with van der Waals surface area (Å²) >= 11 is 0. The Morgan fingerprint density at radius 3 is 2.43 bits per heavy atom. The Morgan fingerprint density at radius 1 is 1.24 bits per heavy atom. The number of aryl methyl sites for hydroxylation is 3. The van der Waals surface area contributed by atoms with Crippen LogP contribution in [0.25, 0.3) is 0 Å². The number of aromatic nitrogens is 2. The number of benzene rings is 1. The summed E-state index contributed by atoms with van der Waals surface area (Å²) in [5.41, 5.74) is 0.954. The van der Waals surface area contributed by atoms with E-state index in [0.717, 1.165) is 0 Å². The van der Waals surface area contributed by atoms with Crippen molar-refractivity contribution in [1.29, 1.82) is 0 Å². The maximum absolute atomic E-state index is 12.4. The minimum atomic E-state index is -3.75. The zero-order chi connectivity index (χ0) is 15.8. The summed E-state index contributed by atoms with van der Waals surface area (Å²) in [6.07, 6.45) is 0. The number of nitrogens with zero attached hydrogens (tertiary/aromatic N) is 2. The summed E-state index contributed by atoms with van der Waals surface area (Å²) in [6, 6.07) is 2.72. The molecule has 21 heavy (non-hydrogen) atoms. The largest absolute Gasteiger partial charge is 0.478 e. The Bertz CT molecular complexity index is 808. The molecule has 2 aromatic rings.